The molecule has 0 saturated carbocycles. The van der Waals surface area contributed by atoms with Crippen molar-refractivity contribution in [2.75, 3.05) is 41.3 Å². The Hall–Kier alpha value is -6.08. The van der Waals surface area contributed by atoms with Crippen LogP contribution in [0.5, 0.6) is 5.75 Å². The number of esters is 1. The van der Waals surface area contributed by atoms with Gasteiger partial charge in [0, 0.05) is 39.5 Å². The van der Waals surface area contributed by atoms with Gasteiger partial charge in [-0.15, -0.1) is 0 Å². The Labute approximate surface area is 413 Å². The van der Waals surface area contributed by atoms with E-state index in [1.807, 2.05) is 13.8 Å². The van der Waals surface area contributed by atoms with Gasteiger partial charge in [0.05, 0.1) is 32.2 Å². The van der Waals surface area contributed by atoms with Crippen LogP contribution >= 0.6 is 0 Å². The lowest BCUT2D eigenvalue weighted by atomic mass is 9.83. The molecule has 20 heteroatoms. The number of carbonyl (C=O) groups excluding carboxylic acids is 10. The van der Waals surface area contributed by atoms with E-state index in [0.29, 0.717) is 17.7 Å². The quantitative estimate of drug-likeness (QED) is 0.175. The zero-order valence-corrected chi connectivity index (χ0v) is 44.1. The summed E-state index contributed by atoms with van der Waals surface area (Å²) < 4.78 is 11.0. The fourth-order valence-corrected chi connectivity index (χ4v) is 8.06. The molecule has 0 spiro atoms. The molecule has 0 aliphatic carbocycles. The van der Waals surface area contributed by atoms with Crippen molar-refractivity contribution in [2.24, 2.45) is 29.1 Å². The van der Waals surface area contributed by atoms with Gasteiger partial charge in [-0.3, -0.25) is 47.9 Å². The number of ether oxygens (including phenoxy) is 2. The average molecular weight is 985 g/mol. The lowest BCUT2D eigenvalue weighted by molar-refractivity contribution is -0.163. The molecule has 5 N–H and O–H groups in total. The number of Topliss-reactive ketones (excluding diaryl/α,β-unsaturated/α-hetero) is 1. The minimum absolute atomic E-state index is 0.0330. The largest absolute Gasteiger partial charge is 0.497 e. The molecule has 0 aromatic heterocycles. The number of nitrogens with one attached hydrogen (secondary N) is 5. The smallest absolute Gasteiger partial charge is 0.311 e. The van der Waals surface area contributed by atoms with E-state index in [1.165, 1.54) is 77.6 Å². The zero-order chi connectivity index (χ0) is 53.5. The van der Waals surface area contributed by atoms with Gasteiger partial charge in [-0.05, 0) is 83.4 Å². The van der Waals surface area contributed by atoms with Crippen LogP contribution in [-0.4, -0.2) is 157 Å². The van der Waals surface area contributed by atoms with Crippen LogP contribution in [-0.2, 0) is 59.1 Å². The molecule has 20 nitrogen and oxygen atoms in total. The number of rotatable bonds is 9. The second-order valence-corrected chi connectivity index (χ2v) is 19.8. The fraction of sp³-hybridized carbons (Fsp3) is 0.680. The highest BCUT2D eigenvalue weighted by molar-refractivity contribution is 6.09. The highest BCUT2D eigenvalue weighted by Crippen LogP contribution is 2.23. The van der Waals surface area contributed by atoms with Crippen molar-refractivity contribution in [2.45, 2.75) is 151 Å². The van der Waals surface area contributed by atoms with E-state index in [1.54, 1.807) is 58.9 Å². The number of amides is 8. The predicted molar refractivity (Wildman–Crippen MR) is 261 cm³/mol. The number of hydrogen-bond donors (Lipinski definition) is 5. The summed E-state index contributed by atoms with van der Waals surface area (Å²) >= 11 is 0. The molecule has 1 aliphatic heterocycles. The van der Waals surface area contributed by atoms with Crippen molar-refractivity contribution in [1.29, 1.82) is 0 Å². The zero-order valence-electron chi connectivity index (χ0n) is 44.1. The van der Waals surface area contributed by atoms with Crippen LogP contribution < -0.4 is 31.3 Å². The second kappa shape index (κ2) is 26.8. The summed E-state index contributed by atoms with van der Waals surface area (Å²) in [4.78, 5) is 142. The van der Waals surface area contributed by atoms with Crippen molar-refractivity contribution < 1.29 is 57.4 Å². The second-order valence-electron chi connectivity index (χ2n) is 19.8. The molecule has 70 heavy (non-hydrogen) atoms. The van der Waals surface area contributed by atoms with Crippen molar-refractivity contribution in [1.82, 2.24) is 41.3 Å². The van der Waals surface area contributed by atoms with Crippen LogP contribution in [0.25, 0.3) is 0 Å². The first-order valence-corrected chi connectivity index (χ1v) is 24.2. The molecule has 1 aromatic rings. The van der Waals surface area contributed by atoms with Gasteiger partial charge in [0.25, 0.3) is 5.91 Å². The van der Waals surface area contributed by atoms with Gasteiger partial charge in [-0.1, -0.05) is 60.6 Å². The fourth-order valence-electron chi connectivity index (χ4n) is 8.06. The molecular weight excluding hydrogens is 905 g/mol. The number of ketones is 1. The van der Waals surface area contributed by atoms with Gasteiger partial charge >= 0.3 is 5.97 Å². The maximum Gasteiger partial charge on any atom is 0.311 e. The first-order valence-electron chi connectivity index (χ1n) is 24.2. The van der Waals surface area contributed by atoms with Gasteiger partial charge in [0.1, 0.15) is 35.3 Å². The molecular formula is C50H80N8O12. The van der Waals surface area contributed by atoms with Crippen molar-refractivity contribution in [3.8, 4) is 5.75 Å². The molecule has 0 unspecified atom stereocenters. The van der Waals surface area contributed by atoms with Crippen LogP contribution in [0.2, 0.25) is 0 Å². The normalized spacial score (nSPS) is 26.7. The minimum Gasteiger partial charge on any atom is -0.497 e. The standard InChI is InChI=1S/C50H80N8O12/c1-17-29(7)41-46(65)52-25-38(59)56(13)36(23-27(3)4)44(63)51-26-39(60)58(15)40(28(5)6)47(66)57(14)37(24-33-19-21-34(69-16)22-20-33)45(64)53-31(9)42(61)50(11,12)49(68)54-32(10)43(62)55-35(18-2)30(8)48(67)70-41/h19-22,27-32,35-37,40-41H,17-18,23-26H2,1-16H3,(H,51,63)(H,52,65)(H,53,64)(H,54,68)(H,55,62)/t29-,30-,31-,32-,35+,36+,37+,40-,41+/m0/s1. The highest BCUT2D eigenvalue weighted by Gasteiger charge is 2.43. The Kier molecular flexibility index (Phi) is 23.0. The minimum atomic E-state index is -1.79. The SMILES string of the molecule is CC[C@H](C)[C@H]1OC(=O)[C@@H](C)[C@@H](CC)NC(=O)[C@H](C)NC(=O)C(C)(C)C(=O)[C@H](C)NC(=O)[C@@H](Cc2ccc(OC)cc2)N(C)C(=O)[C@H](C(C)C)N(C)C(=O)CNC(=O)[C@@H](CC(C)C)N(C)C(=O)CNC1=O. The lowest BCUT2D eigenvalue weighted by Crippen LogP contribution is -2.60. The third-order valence-electron chi connectivity index (χ3n) is 13.2. The predicted octanol–water partition coefficient (Wildman–Crippen LogP) is 1.76. The van der Waals surface area contributed by atoms with E-state index >= 15 is 0 Å². The van der Waals surface area contributed by atoms with E-state index < -0.39 is 138 Å². The van der Waals surface area contributed by atoms with Gasteiger partial charge in [-0.2, -0.15) is 0 Å². The molecule has 392 valence electrons. The summed E-state index contributed by atoms with van der Waals surface area (Å²) in [6, 6.07) is 0.0574. The van der Waals surface area contributed by atoms with Crippen LogP contribution in [0.4, 0.5) is 0 Å². The number of carbonyl (C=O) groups is 10. The third-order valence-corrected chi connectivity index (χ3v) is 13.2. The third kappa shape index (κ3) is 16.0. The molecule has 1 fully saturated rings. The molecule has 1 aromatic carbocycles. The number of likely N-dealkylation sites (N-methyl/N-ethyl adjacent to an activating group) is 3. The topological polar surface area (TPSA) is 259 Å². The van der Waals surface area contributed by atoms with Crippen LogP contribution in [0.15, 0.2) is 24.3 Å². The van der Waals surface area contributed by atoms with Gasteiger partial charge in [-0.25, -0.2) is 0 Å². The summed E-state index contributed by atoms with van der Waals surface area (Å²) in [5.41, 5.74) is -1.16. The van der Waals surface area contributed by atoms with Crippen LogP contribution in [0.1, 0.15) is 108 Å². The van der Waals surface area contributed by atoms with E-state index in [2.05, 4.69) is 26.6 Å². The van der Waals surface area contributed by atoms with Gasteiger partial charge < -0.3 is 50.8 Å². The summed E-state index contributed by atoms with van der Waals surface area (Å²) in [5.74, 6) is -8.57. The summed E-state index contributed by atoms with van der Waals surface area (Å²) in [7, 11) is 5.72. The van der Waals surface area contributed by atoms with E-state index in [9.17, 15) is 47.9 Å². The number of benzene rings is 1. The molecule has 1 saturated heterocycles. The molecule has 1 aliphatic rings. The van der Waals surface area contributed by atoms with Crippen LogP contribution in [0, 0.1) is 29.1 Å². The van der Waals surface area contributed by atoms with E-state index in [4.69, 9.17) is 9.47 Å². The maximum atomic E-state index is 14.6. The van der Waals surface area contributed by atoms with Crippen LogP contribution in [0.3, 0.4) is 0 Å². The van der Waals surface area contributed by atoms with Crippen molar-refractivity contribution >= 4 is 59.0 Å². The van der Waals surface area contributed by atoms with Gasteiger partial charge in [0.2, 0.25) is 41.4 Å². The van der Waals surface area contributed by atoms with Crippen molar-refractivity contribution in [3.63, 3.8) is 0 Å². The van der Waals surface area contributed by atoms with Crippen molar-refractivity contribution in [3.05, 3.63) is 29.8 Å². The molecule has 2 rings (SSSR count). The van der Waals surface area contributed by atoms with Gasteiger partial charge in [0.15, 0.2) is 11.9 Å². The average Bonchev–Trinajstić information content (AvgIpc) is 3.31. The number of nitrogens with zero attached hydrogens (tertiary/aromatic N) is 3. The molecule has 0 radical (unpaired) electrons. The lowest BCUT2D eigenvalue weighted by Gasteiger charge is -2.37. The summed E-state index contributed by atoms with van der Waals surface area (Å²) in [6.45, 7) is 18.3. The van der Waals surface area contributed by atoms with E-state index in [0.717, 1.165) is 0 Å². The Bertz CT molecular complexity index is 2040. The molecule has 9 atom stereocenters. The summed E-state index contributed by atoms with van der Waals surface area (Å²) in [6.07, 6.45) is -0.501. The monoisotopic (exact) mass is 985 g/mol. The first kappa shape index (κ1) is 60.0. The Morgan fingerprint density at radius 1 is 0.700 bits per heavy atom. The highest BCUT2D eigenvalue weighted by atomic mass is 16.5. The molecule has 1 heterocycles. The maximum absolute atomic E-state index is 14.6. The Morgan fingerprint density at radius 2 is 1.26 bits per heavy atom. The Morgan fingerprint density at radius 3 is 1.77 bits per heavy atom. The number of methoxy groups -OCH3 is 1. The van der Waals surface area contributed by atoms with E-state index in [-0.39, 0.29) is 25.2 Å². The Balaban J connectivity index is 2.68. The number of cyclic esters (lactones) is 1. The first-order chi connectivity index (χ1) is 32.5. The number of hydrogen-bond acceptors (Lipinski definition) is 12. The summed E-state index contributed by atoms with van der Waals surface area (Å²) in [5, 5.41) is 13.2. The molecule has 8 amide bonds. The molecule has 0 bridgehead atoms.